The SMILES string of the molecule is Cc1noc(C)c1C(C)Nc1cc(-c2ccccc2)nc2ncnn12. The summed E-state index contributed by atoms with van der Waals surface area (Å²) in [5.74, 6) is 2.17. The van der Waals surface area contributed by atoms with Crippen LogP contribution in [0, 0.1) is 13.8 Å². The molecule has 126 valence electrons. The third kappa shape index (κ3) is 2.73. The van der Waals surface area contributed by atoms with Crippen molar-refractivity contribution in [3.05, 3.63) is 59.7 Å². The molecule has 25 heavy (non-hydrogen) atoms. The third-order valence-electron chi connectivity index (χ3n) is 4.21. The van der Waals surface area contributed by atoms with Gasteiger partial charge in [-0.3, -0.25) is 0 Å². The van der Waals surface area contributed by atoms with Crippen LogP contribution in [-0.4, -0.2) is 24.7 Å². The van der Waals surface area contributed by atoms with Gasteiger partial charge in [0.15, 0.2) is 0 Å². The third-order valence-corrected chi connectivity index (χ3v) is 4.21. The van der Waals surface area contributed by atoms with Crippen LogP contribution in [0.25, 0.3) is 17.0 Å². The fourth-order valence-corrected chi connectivity index (χ4v) is 3.07. The van der Waals surface area contributed by atoms with E-state index in [0.717, 1.165) is 34.1 Å². The molecule has 0 aliphatic heterocycles. The van der Waals surface area contributed by atoms with Gasteiger partial charge in [0.05, 0.1) is 17.4 Å². The second-order valence-electron chi connectivity index (χ2n) is 5.97. The number of anilines is 1. The maximum atomic E-state index is 5.28. The van der Waals surface area contributed by atoms with Crippen molar-refractivity contribution in [2.75, 3.05) is 5.32 Å². The lowest BCUT2D eigenvalue weighted by Gasteiger charge is -2.16. The highest BCUT2D eigenvalue weighted by Crippen LogP contribution is 2.27. The van der Waals surface area contributed by atoms with E-state index in [2.05, 4.69) is 32.5 Å². The van der Waals surface area contributed by atoms with Crippen LogP contribution in [0.3, 0.4) is 0 Å². The van der Waals surface area contributed by atoms with Crippen molar-refractivity contribution in [2.24, 2.45) is 0 Å². The zero-order valence-corrected chi connectivity index (χ0v) is 14.3. The van der Waals surface area contributed by atoms with Gasteiger partial charge in [-0.2, -0.15) is 14.6 Å². The molecule has 0 saturated heterocycles. The first-order chi connectivity index (χ1) is 12.1. The zero-order valence-electron chi connectivity index (χ0n) is 14.3. The van der Waals surface area contributed by atoms with E-state index in [-0.39, 0.29) is 6.04 Å². The Morgan fingerprint density at radius 2 is 1.96 bits per heavy atom. The van der Waals surface area contributed by atoms with Gasteiger partial charge < -0.3 is 9.84 Å². The molecule has 1 N–H and O–H groups in total. The summed E-state index contributed by atoms with van der Waals surface area (Å²) >= 11 is 0. The van der Waals surface area contributed by atoms with Crippen molar-refractivity contribution in [2.45, 2.75) is 26.8 Å². The predicted octanol–water partition coefficient (Wildman–Crippen LogP) is 3.57. The highest BCUT2D eigenvalue weighted by atomic mass is 16.5. The number of nitrogens with one attached hydrogen (secondary N) is 1. The van der Waals surface area contributed by atoms with Crippen LogP contribution in [0.15, 0.2) is 47.2 Å². The predicted molar refractivity (Wildman–Crippen MR) is 94.2 cm³/mol. The Morgan fingerprint density at radius 1 is 1.16 bits per heavy atom. The van der Waals surface area contributed by atoms with Gasteiger partial charge in [0.1, 0.15) is 17.9 Å². The smallest absolute Gasteiger partial charge is 0.254 e. The van der Waals surface area contributed by atoms with Crippen molar-refractivity contribution < 1.29 is 4.52 Å². The molecule has 0 fully saturated rings. The van der Waals surface area contributed by atoms with Gasteiger partial charge >= 0.3 is 0 Å². The molecule has 1 aromatic carbocycles. The maximum Gasteiger partial charge on any atom is 0.254 e. The second-order valence-corrected chi connectivity index (χ2v) is 5.97. The van der Waals surface area contributed by atoms with Crippen LogP contribution < -0.4 is 5.32 Å². The fourth-order valence-electron chi connectivity index (χ4n) is 3.07. The lowest BCUT2D eigenvalue weighted by atomic mass is 10.1. The van der Waals surface area contributed by atoms with Crippen molar-refractivity contribution in [3.63, 3.8) is 0 Å². The zero-order chi connectivity index (χ0) is 17.4. The number of nitrogens with zero attached hydrogens (tertiary/aromatic N) is 5. The van der Waals surface area contributed by atoms with Gasteiger partial charge in [-0.05, 0) is 20.8 Å². The summed E-state index contributed by atoms with van der Waals surface area (Å²) in [6, 6.07) is 12.0. The lowest BCUT2D eigenvalue weighted by Crippen LogP contribution is -2.12. The standard InChI is InChI=1S/C18H18N6O/c1-11(17-12(2)23-25-13(17)3)21-16-9-15(14-7-5-4-6-8-14)22-18-19-10-20-24(16)18/h4-11,21H,1-3H3. The normalized spacial score (nSPS) is 12.4. The first kappa shape index (κ1) is 15.3. The van der Waals surface area contributed by atoms with Crippen molar-refractivity contribution >= 4 is 11.6 Å². The summed E-state index contributed by atoms with van der Waals surface area (Å²) in [6.07, 6.45) is 1.50. The molecule has 4 aromatic rings. The van der Waals surface area contributed by atoms with Crippen LogP contribution in [0.1, 0.15) is 30.0 Å². The highest BCUT2D eigenvalue weighted by Gasteiger charge is 2.18. The Morgan fingerprint density at radius 3 is 2.68 bits per heavy atom. The van der Waals surface area contributed by atoms with Crippen molar-refractivity contribution in [1.29, 1.82) is 0 Å². The molecule has 3 heterocycles. The van der Waals surface area contributed by atoms with E-state index < -0.39 is 0 Å². The lowest BCUT2D eigenvalue weighted by molar-refractivity contribution is 0.392. The molecule has 7 nitrogen and oxygen atoms in total. The quantitative estimate of drug-likeness (QED) is 0.614. The number of benzene rings is 1. The Labute approximate surface area is 144 Å². The average molecular weight is 334 g/mol. The Hall–Kier alpha value is -3.22. The molecule has 3 aromatic heterocycles. The molecule has 1 atom stereocenters. The van der Waals surface area contributed by atoms with E-state index in [1.54, 1.807) is 4.52 Å². The molecule has 0 bridgehead atoms. The highest BCUT2D eigenvalue weighted by molar-refractivity contribution is 5.65. The molecule has 0 spiro atoms. The van der Waals surface area contributed by atoms with Gasteiger partial charge in [-0.25, -0.2) is 4.98 Å². The molecule has 4 rings (SSSR count). The summed E-state index contributed by atoms with van der Waals surface area (Å²) in [7, 11) is 0. The fraction of sp³-hybridized carbons (Fsp3) is 0.222. The Bertz CT molecular complexity index is 1000. The minimum atomic E-state index is 0.00433. The van der Waals surface area contributed by atoms with Gasteiger partial charge in [0.2, 0.25) is 0 Å². The number of hydrogen-bond acceptors (Lipinski definition) is 6. The van der Waals surface area contributed by atoms with Crippen LogP contribution in [0.2, 0.25) is 0 Å². The van der Waals surface area contributed by atoms with Crippen LogP contribution in [0.5, 0.6) is 0 Å². The Kier molecular flexibility index (Phi) is 3.68. The van der Waals surface area contributed by atoms with E-state index in [9.17, 15) is 0 Å². The first-order valence-corrected chi connectivity index (χ1v) is 8.09. The molecule has 1 unspecified atom stereocenters. The van der Waals surface area contributed by atoms with E-state index in [0.29, 0.717) is 5.78 Å². The van der Waals surface area contributed by atoms with Crippen LogP contribution in [0.4, 0.5) is 5.82 Å². The van der Waals surface area contributed by atoms with Gasteiger partial charge in [0, 0.05) is 17.2 Å². The summed E-state index contributed by atoms with van der Waals surface area (Å²) in [4.78, 5) is 8.83. The average Bonchev–Trinajstić information content (AvgIpc) is 3.22. The minimum Gasteiger partial charge on any atom is -0.363 e. The topological polar surface area (TPSA) is 81.1 Å². The number of aromatic nitrogens is 5. The molecule has 0 aliphatic rings. The monoisotopic (exact) mass is 334 g/mol. The van der Waals surface area contributed by atoms with Crippen LogP contribution >= 0.6 is 0 Å². The molecule has 0 amide bonds. The van der Waals surface area contributed by atoms with Crippen molar-refractivity contribution in [1.82, 2.24) is 24.7 Å². The van der Waals surface area contributed by atoms with Gasteiger partial charge in [-0.1, -0.05) is 35.5 Å². The molecule has 0 radical (unpaired) electrons. The molecular formula is C18H18N6O. The number of aryl methyl sites for hydroxylation is 2. The van der Waals surface area contributed by atoms with E-state index >= 15 is 0 Å². The van der Waals surface area contributed by atoms with Crippen molar-refractivity contribution in [3.8, 4) is 11.3 Å². The van der Waals surface area contributed by atoms with Crippen LogP contribution in [-0.2, 0) is 0 Å². The van der Waals surface area contributed by atoms with Gasteiger partial charge in [0.25, 0.3) is 5.78 Å². The van der Waals surface area contributed by atoms with E-state index in [1.807, 2.05) is 50.2 Å². The molecular weight excluding hydrogens is 316 g/mol. The number of rotatable bonds is 4. The number of hydrogen-bond donors (Lipinski definition) is 1. The molecule has 7 heteroatoms. The largest absolute Gasteiger partial charge is 0.363 e. The first-order valence-electron chi connectivity index (χ1n) is 8.09. The summed E-state index contributed by atoms with van der Waals surface area (Å²) in [6.45, 7) is 5.93. The number of fused-ring (bicyclic) bond motifs is 1. The molecule has 0 saturated carbocycles. The maximum absolute atomic E-state index is 5.28. The second kappa shape index (κ2) is 6.01. The summed E-state index contributed by atoms with van der Waals surface area (Å²) in [5, 5.41) is 11.8. The minimum absolute atomic E-state index is 0.00433. The van der Waals surface area contributed by atoms with Gasteiger partial charge in [-0.15, -0.1) is 0 Å². The Balaban J connectivity index is 1.77. The molecule has 0 aliphatic carbocycles. The summed E-state index contributed by atoms with van der Waals surface area (Å²) < 4.78 is 6.98. The van der Waals surface area contributed by atoms with E-state index in [1.165, 1.54) is 6.33 Å². The summed E-state index contributed by atoms with van der Waals surface area (Å²) in [5.41, 5.74) is 3.80. The van der Waals surface area contributed by atoms with E-state index in [4.69, 9.17) is 4.52 Å².